The Morgan fingerprint density at radius 1 is 1.39 bits per heavy atom. The fourth-order valence-electron chi connectivity index (χ4n) is 3.16. The van der Waals surface area contributed by atoms with E-state index in [4.69, 9.17) is 4.74 Å². The highest BCUT2D eigenvalue weighted by molar-refractivity contribution is 9.10. The van der Waals surface area contributed by atoms with Crippen molar-refractivity contribution in [3.8, 4) is 5.88 Å². The summed E-state index contributed by atoms with van der Waals surface area (Å²) in [7, 11) is 0. The van der Waals surface area contributed by atoms with Gasteiger partial charge in [0.05, 0.1) is 0 Å². The normalized spacial score (nSPS) is 26.9. The molecule has 2 rings (SSSR count). The first-order chi connectivity index (χ1) is 8.35. The second-order valence-electron chi connectivity index (χ2n) is 6.43. The fourth-order valence-corrected chi connectivity index (χ4v) is 3.60. The van der Waals surface area contributed by atoms with Gasteiger partial charge in [0.15, 0.2) is 0 Å². The van der Waals surface area contributed by atoms with Gasteiger partial charge in [0, 0.05) is 16.2 Å². The Morgan fingerprint density at radius 3 is 2.72 bits per heavy atom. The molecule has 0 aromatic carbocycles. The molecule has 2 unspecified atom stereocenters. The SMILES string of the molecule is Cc1cc(Br)cnc1OC1CC(C)CC(C)(C)C1. The molecular weight excluding hydrogens is 290 g/mol. The first-order valence-corrected chi connectivity index (χ1v) is 7.44. The van der Waals surface area contributed by atoms with Crippen molar-refractivity contribution in [1.29, 1.82) is 0 Å². The van der Waals surface area contributed by atoms with Gasteiger partial charge in [0.1, 0.15) is 6.10 Å². The molecule has 1 aromatic heterocycles. The maximum absolute atomic E-state index is 6.12. The zero-order chi connectivity index (χ0) is 13.3. The highest BCUT2D eigenvalue weighted by atomic mass is 79.9. The summed E-state index contributed by atoms with van der Waals surface area (Å²) in [6.45, 7) is 9.03. The van der Waals surface area contributed by atoms with Crippen molar-refractivity contribution in [2.45, 2.75) is 53.1 Å². The van der Waals surface area contributed by atoms with Crippen molar-refractivity contribution in [3.05, 3.63) is 22.3 Å². The van der Waals surface area contributed by atoms with Crippen molar-refractivity contribution in [2.75, 3.05) is 0 Å². The van der Waals surface area contributed by atoms with Gasteiger partial charge in [0.25, 0.3) is 0 Å². The van der Waals surface area contributed by atoms with Crippen LogP contribution in [0, 0.1) is 18.3 Å². The molecule has 1 aromatic rings. The maximum Gasteiger partial charge on any atom is 0.216 e. The number of hydrogen-bond acceptors (Lipinski definition) is 2. The summed E-state index contributed by atoms with van der Waals surface area (Å²) < 4.78 is 7.12. The van der Waals surface area contributed by atoms with E-state index in [1.54, 1.807) is 6.20 Å². The Hall–Kier alpha value is -0.570. The first-order valence-electron chi connectivity index (χ1n) is 6.64. The summed E-state index contributed by atoms with van der Waals surface area (Å²) in [6, 6.07) is 2.06. The molecular formula is C15H22BrNO. The van der Waals surface area contributed by atoms with Crippen molar-refractivity contribution in [2.24, 2.45) is 11.3 Å². The van der Waals surface area contributed by atoms with Crippen LogP contribution in [0.4, 0.5) is 0 Å². The minimum Gasteiger partial charge on any atom is -0.474 e. The first kappa shape index (κ1) is 13.9. The van der Waals surface area contributed by atoms with E-state index >= 15 is 0 Å². The Labute approximate surface area is 118 Å². The third kappa shape index (κ3) is 3.47. The number of rotatable bonds is 2. The van der Waals surface area contributed by atoms with Crippen LogP contribution in [0.15, 0.2) is 16.7 Å². The third-order valence-corrected chi connectivity index (χ3v) is 4.06. The number of pyridine rings is 1. The molecule has 3 heteroatoms. The van der Waals surface area contributed by atoms with E-state index < -0.39 is 0 Å². The molecule has 0 N–H and O–H groups in total. The average molecular weight is 312 g/mol. The highest BCUT2D eigenvalue weighted by Gasteiger charge is 2.33. The van der Waals surface area contributed by atoms with E-state index in [2.05, 4.69) is 47.8 Å². The topological polar surface area (TPSA) is 22.1 Å². The molecule has 18 heavy (non-hydrogen) atoms. The lowest BCUT2D eigenvalue weighted by Crippen LogP contribution is -2.34. The van der Waals surface area contributed by atoms with Gasteiger partial charge >= 0.3 is 0 Å². The van der Waals surface area contributed by atoms with Crippen LogP contribution in [-0.4, -0.2) is 11.1 Å². The van der Waals surface area contributed by atoms with E-state index in [9.17, 15) is 0 Å². The summed E-state index contributed by atoms with van der Waals surface area (Å²) in [4.78, 5) is 4.38. The predicted molar refractivity (Wildman–Crippen MR) is 77.9 cm³/mol. The van der Waals surface area contributed by atoms with Crippen LogP contribution < -0.4 is 4.74 Å². The summed E-state index contributed by atoms with van der Waals surface area (Å²) in [5, 5.41) is 0. The van der Waals surface area contributed by atoms with Gasteiger partial charge in [-0.25, -0.2) is 4.98 Å². The lowest BCUT2D eigenvalue weighted by atomic mass is 9.71. The number of hydrogen-bond donors (Lipinski definition) is 0. The molecule has 1 aliphatic rings. The zero-order valence-corrected chi connectivity index (χ0v) is 13.3. The molecule has 2 atom stereocenters. The summed E-state index contributed by atoms with van der Waals surface area (Å²) in [5.74, 6) is 1.52. The van der Waals surface area contributed by atoms with Crippen LogP contribution in [0.1, 0.15) is 45.6 Å². The Kier molecular flexibility index (Phi) is 4.00. The number of ether oxygens (including phenoxy) is 1. The van der Waals surface area contributed by atoms with Gasteiger partial charge in [0.2, 0.25) is 5.88 Å². The quantitative estimate of drug-likeness (QED) is 0.786. The van der Waals surface area contributed by atoms with Crippen LogP contribution in [0.5, 0.6) is 5.88 Å². The second kappa shape index (κ2) is 5.20. The monoisotopic (exact) mass is 311 g/mol. The lowest BCUT2D eigenvalue weighted by Gasteiger charge is -2.38. The average Bonchev–Trinajstić information content (AvgIpc) is 2.19. The molecule has 100 valence electrons. The Balaban J connectivity index is 2.09. The molecule has 1 saturated carbocycles. The van der Waals surface area contributed by atoms with Gasteiger partial charge in [-0.1, -0.05) is 20.8 Å². The Morgan fingerprint density at radius 2 is 2.11 bits per heavy atom. The summed E-state index contributed by atoms with van der Waals surface area (Å²) in [6.07, 6.45) is 5.66. The van der Waals surface area contributed by atoms with Gasteiger partial charge in [-0.05, 0) is 59.5 Å². The summed E-state index contributed by atoms with van der Waals surface area (Å²) >= 11 is 3.43. The van der Waals surface area contributed by atoms with Crippen LogP contribution in [0.2, 0.25) is 0 Å². The van der Waals surface area contributed by atoms with E-state index in [-0.39, 0.29) is 0 Å². The van der Waals surface area contributed by atoms with E-state index in [1.165, 1.54) is 6.42 Å². The molecule has 0 aliphatic heterocycles. The molecule has 0 radical (unpaired) electrons. The van der Waals surface area contributed by atoms with Gasteiger partial charge < -0.3 is 4.74 Å². The van der Waals surface area contributed by atoms with Gasteiger partial charge in [-0.15, -0.1) is 0 Å². The standard InChI is InChI=1S/C15H22BrNO/c1-10-5-13(8-15(3,4)7-10)18-14-11(2)6-12(16)9-17-14/h6,9-10,13H,5,7-8H2,1-4H3. The van der Waals surface area contributed by atoms with Crippen LogP contribution in [-0.2, 0) is 0 Å². The molecule has 1 fully saturated rings. The van der Waals surface area contributed by atoms with Crippen molar-refractivity contribution in [1.82, 2.24) is 4.98 Å². The minimum absolute atomic E-state index is 0.302. The molecule has 1 aliphatic carbocycles. The van der Waals surface area contributed by atoms with E-state index in [0.29, 0.717) is 11.5 Å². The third-order valence-electron chi connectivity index (χ3n) is 3.62. The van der Waals surface area contributed by atoms with Crippen LogP contribution in [0.3, 0.4) is 0 Å². The number of aromatic nitrogens is 1. The van der Waals surface area contributed by atoms with Crippen LogP contribution >= 0.6 is 15.9 Å². The highest BCUT2D eigenvalue weighted by Crippen LogP contribution is 2.40. The predicted octanol–water partition coefficient (Wildman–Crippen LogP) is 4.75. The fraction of sp³-hybridized carbons (Fsp3) is 0.667. The second-order valence-corrected chi connectivity index (χ2v) is 7.34. The number of aryl methyl sites for hydroxylation is 1. The van der Waals surface area contributed by atoms with E-state index in [0.717, 1.165) is 34.7 Å². The van der Waals surface area contributed by atoms with E-state index in [1.807, 2.05) is 6.92 Å². The molecule has 0 spiro atoms. The minimum atomic E-state index is 0.302. The zero-order valence-electron chi connectivity index (χ0n) is 11.7. The van der Waals surface area contributed by atoms with Gasteiger partial charge in [-0.2, -0.15) is 0 Å². The molecule has 2 nitrogen and oxygen atoms in total. The number of nitrogens with zero attached hydrogens (tertiary/aromatic N) is 1. The molecule has 1 heterocycles. The van der Waals surface area contributed by atoms with Gasteiger partial charge in [-0.3, -0.25) is 0 Å². The number of halogens is 1. The molecule has 0 saturated heterocycles. The van der Waals surface area contributed by atoms with Crippen molar-refractivity contribution < 1.29 is 4.74 Å². The maximum atomic E-state index is 6.12. The lowest BCUT2D eigenvalue weighted by molar-refractivity contribution is 0.0527. The molecule has 0 amide bonds. The summed E-state index contributed by atoms with van der Waals surface area (Å²) in [5.41, 5.74) is 1.48. The van der Waals surface area contributed by atoms with Crippen LogP contribution in [0.25, 0.3) is 0 Å². The Bertz CT molecular complexity index is 431. The van der Waals surface area contributed by atoms with Crippen molar-refractivity contribution >= 4 is 15.9 Å². The molecule has 0 bridgehead atoms. The largest absolute Gasteiger partial charge is 0.474 e. The smallest absolute Gasteiger partial charge is 0.216 e. The van der Waals surface area contributed by atoms with Crippen molar-refractivity contribution in [3.63, 3.8) is 0 Å².